The lowest BCUT2D eigenvalue weighted by Crippen LogP contribution is -1.90. The molecule has 0 saturated carbocycles. The topological polar surface area (TPSA) is 20.2 Å². The summed E-state index contributed by atoms with van der Waals surface area (Å²) in [5, 5.41) is 9.09. The minimum Gasteiger partial charge on any atom is -0.508 e. The summed E-state index contributed by atoms with van der Waals surface area (Å²) in [7, 11) is 0. The fourth-order valence-electron chi connectivity index (χ4n) is 1.18. The predicted molar refractivity (Wildman–Crippen MR) is 54.6 cm³/mol. The zero-order chi connectivity index (χ0) is 9.68. The van der Waals surface area contributed by atoms with Crippen molar-refractivity contribution in [3.8, 4) is 17.6 Å². The number of benzene rings is 1. The summed E-state index contributed by atoms with van der Waals surface area (Å²) in [5.74, 6) is 6.68. The molecule has 0 radical (unpaired) electrons. The molecule has 0 spiro atoms. The first-order chi connectivity index (χ1) is 6.24. The van der Waals surface area contributed by atoms with Crippen LogP contribution in [0.5, 0.6) is 5.75 Å². The molecule has 0 saturated heterocycles. The van der Waals surface area contributed by atoms with Crippen LogP contribution in [0, 0.1) is 11.8 Å². The molecule has 1 N–H and O–H groups in total. The van der Waals surface area contributed by atoms with Gasteiger partial charge in [-0.1, -0.05) is 19.1 Å². The van der Waals surface area contributed by atoms with Gasteiger partial charge < -0.3 is 5.11 Å². The lowest BCUT2D eigenvalue weighted by atomic mass is 9.98. The van der Waals surface area contributed by atoms with E-state index in [4.69, 9.17) is 5.11 Å². The van der Waals surface area contributed by atoms with Crippen LogP contribution in [0.3, 0.4) is 0 Å². The zero-order valence-corrected chi connectivity index (χ0v) is 8.04. The smallest absolute Gasteiger partial charge is 0.115 e. The molecule has 0 amide bonds. The normalized spacial score (nSPS) is 11.5. The summed E-state index contributed by atoms with van der Waals surface area (Å²) < 4.78 is 0. The Morgan fingerprint density at radius 1 is 1.31 bits per heavy atom. The Bertz CT molecular complexity index is 313. The predicted octanol–water partition coefficient (Wildman–Crippen LogP) is 2.91. The molecule has 1 unspecified atom stereocenters. The van der Waals surface area contributed by atoms with Gasteiger partial charge >= 0.3 is 0 Å². The third-order valence-corrected chi connectivity index (χ3v) is 2.05. The number of hydrogen-bond acceptors (Lipinski definition) is 1. The molecule has 1 heteroatoms. The quantitative estimate of drug-likeness (QED) is 0.683. The van der Waals surface area contributed by atoms with Crippen molar-refractivity contribution < 1.29 is 5.11 Å². The van der Waals surface area contributed by atoms with Gasteiger partial charge in [-0.15, -0.1) is 11.8 Å². The standard InChI is InChI=1S/C12H14O/c1-3-4-5-10(2)11-6-8-12(13)9-7-11/h6-10,13H,5H2,1-2H3. The number of hydrogen-bond donors (Lipinski definition) is 1. The molecular weight excluding hydrogens is 160 g/mol. The van der Waals surface area contributed by atoms with E-state index in [0.29, 0.717) is 11.7 Å². The molecule has 0 heterocycles. The van der Waals surface area contributed by atoms with Crippen molar-refractivity contribution in [3.63, 3.8) is 0 Å². The average Bonchev–Trinajstić information content (AvgIpc) is 2.15. The maximum absolute atomic E-state index is 9.09. The third kappa shape index (κ3) is 2.83. The van der Waals surface area contributed by atoms with Crippen molar-refractivity contribution in [3.05, 3.63) is 29.8 Å². The first kappa shape index (κ1) is 9.67. The van der Waals surface area contributed by atoms with E-state index < -0.39 is 0 Å². The Morgan fingerprint density at radius 2 is 1.92 bits per heavy atom. The largest absolute Gasteiger partial charge is 0.508 e. The lowest BCUT2D eigenvalue weighted by Gasteiger charge is -2.07. The van der Waals surface area contributed by atoms with Gasteiger partial charge in [-0.3, -0.25) is 0 Å². The van der Waals surface area contributed by atoms with Crippen LogP contribution in [-0.2, 0) is 0 Å². The molecule has 0 bridgehead atoms. The van der Waals surface area contributed by atoms with Crippen LogP contribution in [0.15, 0.2) is 24.3 Å². The summed E-state index contributed by atoms with van der Waals surface area (Å²) in [4.78, 5) is 0. The third-order valence-electron chi connectivity index (χ3n) is 2.05. The summed E-state index contributed by atoms with van der Waals surface area (Å²) in [6.07, 6.45) is 0.876. The molecule has 0 aliphatic carbocycles. The fraction of sp³-hybridized carbons (Fsp3) is 0.333. The van der Waals surface area contributed by atoms with Crippen molar-refractivity contribution in [2.24, 2.45) is 0 Å². The summed E-state index contributed by atoms with van der Waals surface area (Å²) in [6, 6.07) is 7.31. The molecule has 68 valence electrons. The molecule has 0 aliphatic rings. The van der Waals surface area contributed by atoms with Crippen molar-refractivity contribution in [2.75, 3.05) is 0 Å². The van der Waals surface area contributed by atoms with Crippen LogP contribution >= 0.6 is 0 Å². The maximum atomic E-state index is 9.09. The molecule has 1 aromatic carbocycles. The molecule has 0 aliphatic heterocycles. The van der Waals surface area contributed by atoms with Gasteiger partial charge in [0.1, 0.15) is 5.75 Å². The van der Waals surface area contributed by atoms with E-state index in [9.17, 15) is 0 Å². The van der Waals surface area contributed by atoms with Gasteiger partial charge in [0, 0.05) is 6.42 Å². The van der Waals surface area contributed by atoms with E-state index >= 15 is 0 Å². The SMILES string of the molecule is CC#CCC(C)c1ccc(O)cc1. The molecule has 0 fully saturated rings. The van der Waals surface area contributed by atoms with Crippen molar-refractivity contribution in [1.82, 2.24) is 0 Å². The van der Waals surface area contributed by atoms with Gasteiger partial charge in [-0.25, -0.2) is 0 Å². The number of phenols is 1. The van der Waals surface area contributed by atoms with E-state index in [2.05, 4.69) is 18.8 Å². The summed E-state index contributed by atoms with van der Waals surface area (Å²) in [6.45, 7) is 3.99. The molecule has 1 nitrogen and oxygen atoms in total. The fourth-order valence-corrected chi connectivity index (χ4v) is 1.18. The highest BCUT2D eigenvalue weighted by Gasteiger charge is 2.02. The minimum absolute atomic E-state index is 0.317. The first-order valence-corrected chi connectivity index (χ1v) is 4.42. The second-order valence-corrected chi connectivity index (χ2v) is 3.12. The average molecular weight is 174 g/mol. The van der Waals surface area contributed by atoms with Gasteiger partial charge in [0.05, 0.1) is 0 Å². The Morgan fingerprint density at radius 3 is 2.46 bits per heavy atom. The van der Waals surface area contributed by atoms with Gasteiger partial charge in [-0.2, -0.15) is 0 Å². The number of rotatable bonds is 2. The molecular formula is C12H14O. The van der Waals surface area contributed by atoms with Crippen molar-refractivity contribution >= 4 is 0 Å². The van der Waals surface area contributed by atoms with Crippen LogP contribution in [0.25, 0.3) is 0 Å². The highest BCUT2D eigenvalue weighted by atomic mass is 16.3. The van der Waals surface area contributed by atoms with Gasteiger partial charge in [-0.05, 0) is 30.5 Å². The second-order valence-electron chi connectivity index (χ2n) is 3.12. The van der Waals surface area contributed by atoms with Crippen LogP contribution in [0.1, 0.15) is 31.7 Å². The number of phenolic OH excluding ortho intramolecular Hbond substituents is 1. The summed E-state index contributed by atoms with van der Waals surface area (Å²) in [5.41, 5.74) is 1.22. The monoisotopic (exact) mass is 174 g/mol. The molecule has 0 aromatic heterocycles. The van der Waals surface area contributed by atoms with E-state index in [1.165, 1.54) is 5.56 Å². The van der Waals surface area contributed by atoms with Gasteiger partial charge in [0.15, 0.2) is 0 Å². The van der Waals surface area contributed by atoms with Gasteiger partial charge in [0.2, 0.25) is 0 Å². The van der Waals surface area contributed by atoms with Crippen LogP contribution in [0.4, 0.5) is 0 Å². The summed E-state index contributed by atoms with van der Waals surface area (Å²) >= 11 is 0. The minimum atomic E-state index is 0.317. The van der Waals surface area contributed by atoms with Crippen LogP contribution in [0.2, 0.25) is 0 Å². The molecule has 1 atom stereocenters. The Labute approximate surface area is 79.4 Å². The van der Waals surface area contributed by atoms with Crippen molar-refractivity contribution in [2.45, 2.75) is 26.2 Å². The second kappa shape index (κ2) is 4.57. The van der Waals surface area contributed by atoms with Crippen molar-refractivity contribution in [1.29, 1.82) is 0 Å². The van der Waals surface area contributed by atoms with Crippen LogP contribution in [-0.4, -0.2) is 5.11 Å². The number of aromatic hydroxyl groups is 1. The molecule has 1 rings (SSSR count). The highest BCUT2D eigenvalue weighted by molar-refractivity contribution is 5.28. The molecule has 13 heavy (non-hydrogen) atoms. The van der Waals surface area contributed by atoms with Gasteiger partial charge in [0.25, 0.3) is 0 Å². The first-order valence-electron chi connectivity index (χ1n) is 4.42. The highest BCUT2D eigenvalue weighted by Crippen LogP contribution is 2.20. The van der Waals surface area contributed by atoms with E-state index in [1.807, 2.05) is 19.1 Å². The van der Waals surface area contributed by atoms with E-state index in [0.717, 1.165) is 6.42 Å². The van der Waals surface area contributed by atoms with E-state index in [1.54, 1.807) is 12.1 Å². The van der Waals surface area contributed by atoms with E-state index in [-0.39, 0.29) is 0 Å². The zero-order valence-electron chi connectivity index (χ0n) is 8.04. The lowest BCUT2D eigenvalue weighted by molar-refractivity contribution is 0.475. The Kier molecular flexibility index (Phi) is 3.40. The Balaban J connectivity index is 2.69. The maximum Gasteiger partial charge on any atom is 0.115 e. The molecule has 1 aromatic rings. The van der Waals surface area contributed by atoms with Crippen LogP contribution < -0.4 is 0 Å². The Hall–Kier alpha value is -1.42.